The van der Waals surface area contributed by atoms with Crippen molar-refractivity contribution in [3.05, 3.63) is 24.3 Å². The molecule has 2 aliphatic rings. The van der Waals surface area contributed by atoms with Crippen LogP contribution in [0.5, 0.6) is 0 Å². The number of benzene rings is 1. The third kappa shape index (κ3) is 4.45. The normalized spacial score (nSPS) is 21.3. The van der Waals surface area contributed by atoms with Gasteiger partial charge in [0.05, 0.1) is 10.9 Å². The number of hydrogen-bond donors (Lipinski definition) is 1. The van der Waals surface area contributed by atoms with Gasteiger partial charge in [-0.25, -0.2) is 8.42 Å². The standard InChI is InChI=1S/C19H29N3O3S/c1-16(21-12-4-2-3-5-13-21)19(23)20-17-8-10-18(11-9-17)26(24,25)22-14-6-7-15-22/h8-11,16H,2-7,12-15H2,1H3,(H,20,23)/t16-/m1/s1. The van der Waals surface area contributed by atoms with Crippen molar-refractivity contribution >= 4 is 21.6 Å². The highest BCUT2D eigenvalue weighted by Gasteiger charge is 2.27. The molecule has 7 heteroatoms. The van der Waals surface area contributed by atoms with Crippen LogP contribution in [0.1, 0.15) is 45.4 Å². The smallest absolute Gasteiger partial charge is 0.243 e. The molecule has 2 heterocycles. The SMILES string of the molecule is C[C@H](C(=O)Nc1ccc(S(=O)(=O)N2CCCC2)cc1)N1CCCCCC1. The van der Waals surface area contributed by atoms with Crippen LogP contribution in [0, 0.1) is 0 Å². The van der Waals surface area contributed by atoms with E-state index in [1.807, 2.05) is 6.92 Å². The van der Waals surface area contributed by atoms with E-state index in [9.17, 15) is 13.2 Å². The monoisotopic (exact) mass is 379 g/mol. The first-order chi connectivity index (χ1) is 12.5. The van der Waals surface area contributed by atoms with E-state index in [2.05, 4.69) is 10.2 Å². The molecule has 3 rings (SSSR count). The van der Waals surface area contributed by atoms with E-state index in [4.69, 9.17) is 0 Å². The van der Waals surface area contributed by atoms with Gasteiger partial charge in [0, 0.05) is 18.8 Å². The van der Waals surface area contributed by atoms with Gasteiger partial charge in [0.1, 0.15) is 0 Å². The summed E-state index contributed by atoms with van der Waals surface area (Å²) in [6.45, 7) is 5.04. The number of hydrogen-bond acceptors (Lipinski definition) is 4. The molecule has 0 saturated carbocycles. The van der Waals surface area contributed by atoms with E-state index in [0.717, 1.165) is 38.8 Å². The highest BCUT2D eigenvalue weighted by molar-refractivity contribution is 7.89. The third-order valence-electron chi connectivity index (χ3n) is 5.39. The summed E-state index contributed by atoms with van der Waals surface area (Å²) in [6, 6.07) is 6.34. The van der Waals surface area contributed by atoms with Crippen LogP contribution in [-0.4, -0.2) is 55.8 Å². The van der Waals surface area contributed by atoms with E-state index in [0.29, 0.717) is 18.8 Å². The Morgan fingerprint density at radius 2 is 1.46 bits per heavy atom. The maximum atomic E-state index is 12.5. The number of carbonyl (C=O) groups is 1. The first kappa shape index (κ1) is 19.3. The van der Waals surface area contributed by atoms with E-state index in [-0.39, 0.29) is 16.8 Å². The van der Waals surface area contributed by atoms with Crippen molar-refractivity contribution in [3.8, 4) is 0 Å². The largest absolute Gasteiger partial charge is 0.325 e. The summed E-state index contributed by atoms with van der Waals surface area (Å²) in [6.07, 6.45) is 6.58. The molecule has 0 aromatic heterocycles. The molecule has 0 spiro atoms. The van der Waals surface area contributed by atoms with E-state index < -0.39 is 10.0 Å². The van der Waals surface area contributed by atoms with Crippen molar-refractivity contribution in [1.82, 2.24) is 9.21 Å². The lowest BCUT2D eigenvalue weighted by Crippen LogP contribution is -2.42. The molecule has 0 bridgehead atoms. The van der Waals surface area contributed by atoms with Crippen molar-refractivity contribution in [1.29, 1.82) is 0 Å². The van der Waals surface area contributed by atoms with Crippen LogP contribution in [0.15, 0.2) is 29.2 Å². The Bertz CT molecular complexity index is 704. The van der Waals surface area contributed by atoms with Gasteiger partial charge in [-0.15, -0.1) is 0 Å². The summed E-state index contributed by atoms with van der Waals surface area (Å²) in [4.78, 5) is 15.1. The average molecular weight is 380 g/mol. The lowest BCUT2D eigenvalue weighted by atomic mass is 10.2. The minimum absolute atomic E-state index is 0.0398. The highest BCUT2D eigenvalue weighted by atomic mass is 32.2. The summed E-state index contributed by atoms with van der Waals surface area (Å²) in [7, 11) is -3.41. The van der Waals surface area contributed by atoms with Gasteiger partial charge in [-0.3, -0.25) is 9.69 Å². The number of anilines is 1. The van der Waals surface area contributed by atoms with Crippen molar-refractivity contribution < 1.29 is 13.2 Å². The Hall–Kier alpha value is -1.44. The van der Waals surface area contributed by atoms with Crippen LogP contribution in [0.3, 0.4) is 0 Å². The second kappa shape index (κ2) is 8.50. The lowest BCUT2D eigenvalue weighted by molar-refractivity contribution is -0.120. The van der Waals surface area contributed by atoms with Crippen molar-refractivity contribution in [2.45, 2.75) is 56.4 Å². The summed E-state index contributed by atoms with van der Waals surface area (Å²) in [5.74, 6) is -0.0398. The molecular formula is C19H29N3O3S. The fourth-order valence-corrected chi connectivity index (χ4v) is 5.20. The topological polar surface area (TPSA) is 69.7 Å². The summed E-state index contributed by atoms with van der Waals surface area (Å²) in [5, 5.41) is 2.92. The lowest BCUT2D eigenvalue weighted by Gasteiger charge is -2.26. The highest BCUT2D eigenvalue weighted by Crippen LogP contribution is 2.22. The fraction of sp³-hybridized carbons (Fsp3) is 0.632. The van der Waals surface area contributed by atoms with Gasteiger partial charge >= 0.3 is 0 Å². The molecule has 1 N–H and O–H groups in total. The van der Waals surface area contributed by atoms with Gasteiger partial charge in [0.15, 0.2) is 0 Å². The molecule has 0 aliphatic carbocycles. The minimum Gasteiger partial charge on any atom is -0.325 e. The number of sulfonamides is 1. The van der Waals surface area contributed by atoms with E-state index in [1.165, 1.54) is 17.1 Å². The van der Waals surface area contributed by atoms with Gasteiger partial charge < -0.3 is 5.32 Å². The average Bonchev–Trinajstić information content (AvgIpc) is 3.06. The fourth-order valence-electron chi connectivity index (χ4n) is 3.68. The Morgan fingerprint density at radius 3 is 2.04 bits per heavy atom. The van der Waals surface area contributed by atoms with Crippen molar-refractivity contribution in [3.63, 3.8) is 0 Å². The van der Waals surface area contributed by atoms with Crippen LogP contribution < -0.4 is 5.32 Å². The summed E-state index contributed by atoms with van der Waals surface area (Å²) < 4.78 is 26.6. The Kier molecular flexibility index (Phi) is 6.32. The molecular weight excluding hydrogens is 350 g/mol. The first-order valence-electron chi connectivity index (χ1n) is 9.63. The molecule has 2 aliphatic heterocycles. The van der Waals surface area contributed by atoms with Crippen LogP contribution >= 0.6 is 0 Å². The number of rotatable bonds is 5. The maximum Gasteiger partial charge on any atom is 0.243 e. The minimum atomic E-state index is -3.41. The Balaban J connectivity index is 1.62. The molecule has 1 atom stereocenters. The number of nitrogens with one attached hydrogen (secondary N) is 1. The molecule has 0 unspecified atom stereocenters. The van der Waals surface area contributed by atoms with E-state index >= 15 is 0 Å². The molecule has 2 fully saturated rings. The molecule has 6 nitrogen and oxygen atoms in total. The number of amides is 1. The summed E-state index contributed by atoms with van der Waals surface area (Å²) in [5.41, 5.74) is 0.636. The molecule has 1 aromatic rings. The van der Waals surface area contributed by atoms with Crippen LogP contribution in [0.25, 0.3) is 0 Å². The predicted molar refractivity (Wildman–Crippen MR) is 103 cm³/mol. The van der Waals surface area contributed by atoms with Gasteiger partial charge in [-0.2, -0.15) is 4.31 Å². The molecule has 26 heavy (non-hydrogen) atoms. The van der Waals surface area contributed by atoms with Gasteiger partial charge in [0.25, 0.3) is 0 Å². The quantitative estimate of drug-likeness (QED) is 0.854. The van der Waals surface area contributed by atoms with Crippen molar-refractivity contribution in [2.24, 2.45) is 0 Å². The Morgan fingerprint density at radius 1 is 0.923 bits per heavy atom. The number of nitrogens with zero attached hydrogens (tertiary/aromatic N) is 2. The second-order valence-corrected chi connectivity index (χ2v) is 9.19. The van der Waals surface area contributed by atoms with Gasteiger partial charge in [-0.05, 0) is 70.0 Å². The zero-order valence-electron chi connectivity index (χ0n) is 15.5. The molecule has 2 saturated heterocycles. The molecule has 144 valence electrons. The summed E-state index contributed by atoms with van der Waals surface area (Å²) >= 11 is 0. The van der Waals surface area contributed by atoms with Crippen LogP contribution in [0.4, 0.5) is 5.69 Å². The van der Waals surface area contributed by atoms with Gasteiger partial charge in [-0.1, -0.05) is 12.8 Å². The first-order valence-corrected chi connectivity index (χ1v) is 11.1. The zero-order valence-corrected chi connectivity index (χ0v) is 16.3. The zero-order chi connectivity index (χ0) is 18.6. The van der Waals surface area contributed by atoms with Crippen LogP contribution in [-0.2, 0) is 14.8 Å². The van der Waals surface area contributed by atoms with E-state index in [1.54, 1.807) is 24.3 Å². The van der Waals surface area contributed by atoms with Crippen LogP contribution in [0.2, 0.25) is 0 Å². The third-order valence-corrected chi connectivity index (χ3v) is 7.31. The van der Waals surface area contributed by atoms with Crippen molar-refractivity contribution in [2.75, 3.05) is 31.5 Å². The molecule has 1 aromatic carbocycles. The second-order valence-electron chi connectivity index (χ2n) is 7.25. The molecule has 1 amide bonds. The Labute approximate surface area is 156 Å². The predicted octanol–water partition coefficient (Wildman–Crippen LogP) is 2.67. The molecule has 0 radical (unpaired) electrons. The number of carbonyl (C=O) groups excluding carboxylic acids is 1. The maximum absolute atomic E-state index is 12.5. The number of likely N-dealkylation sites (tertiary alicyclic amines) is 1. The van der Waals surface area contributed by atoms with Gasteiger partial charge in [0.2, 0.25) is 15.9 Å².